The van der Waals surface area contributed by atoms with E-state index >= 15 is 0 Å². The van der Waals surface area contributed by atoms with Crippen molar-refractivity contribution in [2.24, 2.45) is 7.05 Å². The maximum atomic E-state index is 12.2. The number of aryl methyl sites for hydroxylation is 2. The third-order valence-corrected chi connectivity index (χ3v) is 4.21. The third-order valence-electron chi connectivity index (χ3n) is 4.21. The van der Waals surface area contributed by atoms with Crippen LogP contribution in [0, 0.1) is 0 Å². The van der Waals surface area contributed by atoms with Crippen molar-refractivity contribution in [2.45, 2.75) is 19.8 Å². The molecule has 0 fully saturated rings. The predicted molar refractivity (Wildman–Crippen MR) is 102 cm³/mol. The van der Waals surface area contributed by atoms with Gasteiger partial charge in [-0.3, -0.25) is 14.4 Å². The molecule has 0 saturated carbocycles. The molecule has 9 nitrogen and oxygen atoms in total. The molecule has 1 aliphatic heterocycles. The lowest BCUT2D eigenvalue weighted by Gasteiger charge is -2.17. The monoisotopic (exact) mass is 384 g/mol. The van der Waals surface area contributed by atoms with Gasteiger partial charge in [-0.15, -0.1) is 0 Å². The van der Waals surface area contributed by atoms with E-state index in [0.717, 1.165) is 5.56 Å². The summed E-state index contributed by atoms with van der Waals surface area (Å²) in [5, 5.41) is 7.73. The van der Waals surface area contributed by atoms with Crippen LogP contribution in [-0.4, -0.2) is 34.9 Å². The smallest absolute Gasteiger partial charge is 0.355 e. The Morgan fingerprint density at radius 1 is 1.11 bits per heavy atom. The first kappa shape index (κ1) is 19.2. The highest BCUT2D eigenvalue weighted by Gasteiger charge is 2.19. The van der Waals surface area contributed by atoms with Crippen LogP contribution in [-0.2, 0) is 32.6 Å². The Labute approximate surface area is 161 Å². The second-order valence-corrected chi connectivity index (χ2v) is 6.27. The van der Waals surface area contributed by atoms with Crippen molar-refractivity contribution in [1.29, 1.82) is 0 Å². The van der Waals surface area contributed by atoms with Crippen molar-refractivity contribution in [3.63, 3.8) is 0 Å². The van der Waals surface area contributed by atoms with Gasteiger partial charge in [-0.25, -0.2) is 4.79 Å². The van der Waals surface area contributed by atoms with Gasteiger partial charge >= 0.3 is 17.8 Å². The summed E-state index contributed by atoms with van der Waals surface area (Å²) < 4.78 is 6.43. The number of esters is 1. The first-order valence-electron chi connectivity index (χ1n) is 8.76. The second kappa shape index (κ2) is 7.95. The van der Waals surface area contributed by atoms with Gasteiger partial charge in [0.15, 0.2) is 0 Å². The Morgan fingerprint density at radius 2 is 1.82 bits per heavy atom. The number of nitrogens with zero attached hydrogens (tertiary/aromatic N) is 1. The summed E-state index contributed by atoms with van der Waals surface area (Å²) in [4.78, 5) is 47.5. The number of fused-ring (bicyclic) bond motifs is 1. The lowest BCUT2D eigenvalue weighted by Crippen LogP contribution is -2.29. The highest BCUT2D eigenvalue weighted by Crippen LogP contribution is 2.25. The first-order chi connectivity index (χ1) is 13.4. The molecule has 3 rings (SSSR count). The van der Waals surface area contributed by atoms with Gasteiger partial charge in [0.2, 0.25) is 5.91 Å². The van der Waals surface area contributed by atoms with E-state index < -0.39 is 17.8 Å². The molecular weight excluding hydrogens is 364 g/mol. The van der Waals surface area contributed by atoms with E-state index in [9.17, 15) is 19.2 Å². The zero-order valence-corrected chi connectivity index (χ0v) is 15.5. The minimum atomic E-state index is -0.868. The third kappa shape index (κ3) is 4.20. The fourth-order valence-corrected chi connectivity index (χ4v) is 2.88. The number of benzene rings is 1. The topological polar surface area (TPSA) is 119 Å². The standard InChI is InChI=1S/C19H20N4O5/c1-3-28-19(27)15-9-13(10-23(15)2)21-18(26)17(25)20-12-5-6-14-11(8-12)4-7-16(24)22-14/h5-6,8-10H,3-4,7H2,1-2H3,(H,20,25)(H,21,26)(H,22,24). The first-order valence-corrected chi connectivity index (χ1v) is 8.76. The highest BCUT2D eigenvalue weighted by atomic mass is 16.5. The Hall–Kier alpha value is -3.62. The molecule has 0 atom stereocenters. The summed E-state index contributed by atoms with van der Waals surface area (Å²) >= 11 is 0. The molecule has 0 spiro atoms. The summed E-state index contributed by atoms with van der Waals surface area (Å²) in [6.45, 7) is 1.93. The van der Waals surface area contributed by atoms with Crippen LogP contribution in [0.1, 0.15) is 29.4 Å². The molecule has 1 aromatic heterocycles. The molecule has 28 heavy (non-hydrogen) atoms. The van der Waals surface area contributed by atoms with Gasteiger partial charge in [-0.05, 0) is 43.2 Å². The number of amides is 3. The van der Waals surface area contributed by atoms with Crippen molar-refractivity contribution < 1.29 is 23.9 Å². The second-order valence-electron chi connectivity index (χ2n) is 6.27. The van der Waals surface area contributed by atoms with E-state index in [1.165, 1.54) is 16.8 Å². The van der Waals surface area contributed by atoms with Crippen LogP contribution in [0.2, 0.25) is 0 Å². The van der Waals surface area contributed by atoms with Crippen LogP contribution >= 0.6 is 0 Å². The van der Waals surface area contributed by atoms with Crippen molar-refractivity contribution in [1.82, 2.24) is 4.57 Å². The number of carbonyl (C=O) groups excluding carboxylic acids is 4. The van der Waals surface area contributed by atoms with E-state index in [4.69, 9.17) is 4.74 Å². The fraction of sp³-hybridized carbons (Fsp3) is 0.263. The molecule has 1 aromatic carbocycles. The zero-order chi connectivity index (χ0) is 20.3. The van der Waals surface area contributed by atoms with Gasteiger partial charge in [0.25, 0.3) is 0 Å². The Balaban J connectivity index is 1.64. The van der Waals surface area contributed by atoms with Crippen LogP contribution < -0.4 is 16.0 Å². The number of hydrogen-bond acceptors (Lipinski definition) is 5. The molecule has 0 unspecified atom stereocenters. The number of carbonyl (C=O) groups is 4. The molecule has 3 amide bonds. The number of rotatable bonds is 4. The summed E-state index contributed by atoms with van der Waals surface area (Å²) in [5.74, 6) is -2.28. The molecule has 1 aliphatic rings. The molecule has 0 aliphatic carbocycles. The number of hydrogen-bond donors (Lipinski definition) is 3. The maximum absolute atomic E-state index is 12.2. The van der Waals surface area contributed by atoms with E-state index in [1.54, 1.807) is 32.2 Å². The molecule has 2 aromatic rings. The van der Waals surface area contributed by atoms with Crippen molar-refractivity contribution in [2.75, 3.05) is 22.6 Å². The Bertz CT molecular complexity index is 963. The van der Waals surface area contributed by atoms with Gasteiger partial charge in [0.05, 0.1) is 12.3 Å². The minimum absolute atomic E-state index is 0.0475. The van der Waals surface area contributed by atoms with Crippen molar-refractivity contribution >= 4 is 40.8 Å². The molecule has 9 heteroatoms. The quantitative estimate of drug-likeness (QED) is 0.547. The molecule has 0 radical (unpaired) electrons. The van der Waals surface area contributed by atoms with E-state index in [1.807, 2.05) is 0 Å². The summed E-state index contributed by atoms with van der Waals surface area (Å²) in [6, 6.07) is 6.45. The van der Waals surface area contributed by atoms with Crippen LogP contribution in [0.25, 0.3) is 0 Å². The molecule has 146 valence electrons. The minimum Gasteiger partial charge on any atom is -0.461 e. The number of anilines is 3. The van der Waals surface area contributed by atoms with Gasteiger partial charge in [-0.1, -0.05) is 0 Å². The van der Waals surface area contributed by atoms with Crippen LogP contribution in [0.4, 0.5) is 17.1 Å². The van der Waals surface area contributed by atoms with Crippen LogP contribution in [0.3, 0.4) is 0 Å². The normalized spacial score (nSPS) is 12.6. The lowest BCUT2D eigenvalue weighted by molar-refractivity contribution is -0.132. The summed E-state index contributed by atoms with van der Waals surface area (Å²) in [6.07, 6.45) is 2.46. The van der Waals surface area contributed by atoms with Crippen LogP contribution in [0.5, 0.6) is 0 Å². The van der Waals surface area contributed by atoms with Crippen LogP contribution in [0.15, 0.2) is 30.5 Å². The van der Waals surface area contributed by atoms with E-state index in [2.05, 4.69) is 16.0 Å². The molecule has 0 saturated heterocycles. The molecular formula is C19H20N4O5. The van der Waals surface area contributed by atoms with Gasteiger partial charge in [-0.2, -0.15) is 0 Å². The summed E-state index contributed by atoms with van der Waals surface area (Å²) in [7, 11) is 1.63. The average Bonchev–Trinajstić information content (AvgIpc) is 3.02. The number of nitrogens with one attached hydrogen (secondary N) is 3. The number of aromatic nitrogens is 1. The molecule has 3 N–H and O–H groups in total. The largest absolute Gasteiger partial charge is 0.461 e. The molecule has 2 heterocycles. The number of ether oxygens (including phenoxy) is 1. The molecule has 0 bridgehead atoms. The zero-order valence-electron chi connectivity index (χ0n) is 15.5. The highest BCUT2D eigenvalue weighted by molar-refractivity contribution is 6.43. The van der Waals surface area contributed by atoms with Gasteiger partial charge in [0, 0.05) is 31.0 Å². The fourth-order valence-electron chi connectivity index (χ4n) is 2.88. The van der Waals surface area contributed by atoms with E-state index in [0.29, 0.717) is 29.9 Å². The average molecular weight is 384 g/mol. The van der Waals surface area contributed by atoms with E-state index in [-0.39, 0.29) is 18.2 Å². The predicted octanol–water partition coefficient (Wildman–Crippen LogP) is 1.66. The van der Waals surface area contributed by atoms with Gasteiger partial charge < -0.3 is 25.3 Å². The van der Waals surface area contributed by atoms with Crippen molar-refractivity contribution in [3.8, 4) is 0 Å². The Kier molecular flexibility index (Phi) is 5.44. The van der Waals surface area contributed by atoms with Crippen molar-refractivity contribution in [3.05, 3.63) is 41.7 Å². The SMILES string of the molecule is CCOC(=O)c1cc(NC(=O)C(=O)Nc2ccc3c(c2)CCC(=O)N3)cn1C. The summed E-state index contributed by atoms with van der Waals surface area (Å²) in [5.41, 5.74) is 2.61. The lowest BCUT2D eigenvalue weighted by atomic mass is 10.0. The van der Waals surface area contributed by atoms with Gasteiger partial charge in [0.1, 0.15) is 5.69 Å². The maximum Gasteiger partial charge on any atom is 0.355 e. The Morgan fingerprint density at radius 3 is 2.54 bits per heavy atom.